The van der Waals surface area contributed by atoms with Crippen molar-refractivity contribution in [1.82, 2.24) is 9.80 Å². The average Bonchev–Trinajstić information content (AvgIpc) is 2.22. The van der Waals surface area contributed by atoms with Crippen LogP contribution in [0.4, 0.5) is 26.3 Å². The molecule has 0 aliphatic heterocycles. The number of halogens is 6. The van der Waals surface area contributed by atoms with E-state index in [0.29, 0.717) is 0 Å². The van der Waals surface area contributed by atoms with Gasteiger partial charge in [0.05, 0.1) is 0 Å². The minimum Gasteiger partial charge on any atom is -0.741 e. The number of alkyl halides is 6. The standard InChI is InChI=1S/C6H16N2.2CHF3O3S.Cu/c1-7(2)5-6-8(3)4;2*2-1(3,4)8(5,6)7;/h5-6H2,1-4H3;2*(H,5,6,7);/q;;;+2/p-2. The van der Waals surface area contributed by atoms with E-state index in [2.05, 4.69) is 38.0 Å². The summed E-state index contributed by atoms with van der Waals surface area (Å²) in [5.41, 5.74) is -11.3. The zero-order chi connectivity index (χ0) is 20.6. The molecule has 0 aliphatic rings. The molecule has 0 atom stereocenters. The molecule has 0 saturated carbocycles. The summed E-state index contributed by atoms with van der Waals surface area (Å²) in [4.78, 5) is 4.36. The van der Waals surface area contributed by atoms with Gasteiger partial charge in [-0.15, -0.1) is 0 Å². The largest absolute Gasteiger partial charge is 2.00 e. The van der Waals surface area contributed by atoms with E-state index in [9.17, 15) is 26.3 Å². The molecular formula is C8H16CuF6N2O6S2. The molecule has 0 unspecified atom stereocenters. The maximum Gasteiger partial charge on any atom is 2.00 e. The third-order valence-corrected chi connectivity index (χ3v) is 2.70. The number of likely N-dealkylation sites (N-methyl/N-ethyl adjacent to an activating group) is 2. The zero-order valence-electron chi connectivity index (χ0n) is 13.1. The van der Waals surface area contributed by atoms with Crippen LogP contribution in [0.3, 0.4) is 0 Å². The molecule has 0 aliphatic carbocycles. The molecule has 0 aromatic carbocycles. The van der Waals surface area contributed by atoms with Gasteiger partial charge in [-0.3, -0.25) is 0 Å². The van der Waals surface area contributed by atoms with Gasteiger partial charge in [0.1, 0.15) is 0 Å². The Balaban J connectivity index is -0.000000130. The first kappa shape index (κ1) is 32.5. The Kier molecular flexibility index (Phi) is 15.9. The van der Waals surface area contributed by atoms with Gasteiger partial charge in [0.2, 0.25) is 0 Å². The quantitative estimate of drug-likeness (QED) is 0.245. The molecule has 0 rings (SSSR count). The van der Waals surface area contributed by atoms with Gasteiger partial charge in [0, 0.05) is 13.1 Å². The Morgan fingerprint density at radius 1 is 0.680 bits per heavy atom. The maximum atomic E-state index is 10.7. The fraction of sp³-hybridized carbons (Fsp3) is 1.00. The minimum atomic E-state index is -6.09. The van der Waals surface area contributed by atoms with Crippen LogP contribution in [-0.2, 0) is 37.3 Å². The van der Waals surface area contributed by atoms with Crippen LogP contribution in [0, 0.1) is 0 Å². The Hall–Kier alpha value is -0.161. The van der Waals surface area contributed by atoms with Gasteiger partial charge in [0.25, 0.3) is 0 Å². The van der Waals surface area contributed by atoms with Gasteiger partial charge in [-0.2, -0.15) is 26.3 Å². The molecule has 25 heavy (non-hydrogen) atoms. The molecule has 0 heterocycles. The average molecular weight is 478 g/mol. The summed E-state index contributed by atoms with van der Waals surface area (Å²) in [6.07, 6.45) is 0. The van der Waals surface area contributed by atoms with Gasteiger partial charge in [-0.05, 0) is 28.2 Å². The molecular weight excluding hydrogens is 462 g/mol. The maximum absolute atomic E-state index is 10.7. The van der Waals surface area contributed by atoms with E-state index in [0.717, 1.165) is 13.1 Å². The zero-order valence-corrected chi connectivity index (χ0v) is 15.7. The number of nitrogens with zero attached hydrogens (tertiary/aromatic N) is 2. The normalized spacial score (nSPS) is 12.6. The first-order valence-electron chi connectivity index (χ1n) is 5.46. The third kappa shape index (κ3) is 21.8. The second kappa shape index (κ2) is 12.3. The van der Waals surface area contributed by atoms with Crippen LogP contribution in [-0.4, -0.2) is 88.0 Å². The van der Waals surface area contributed by atoms with Gasteiger partial charge in [-0.25, -0.2) is 16.8 Å². The van der Waals surface area contributed by atoms with Crippen molar-refractivity contribution >= 4 is 20.2 Å². The van der Waals surface area contributed by atoms with E-state index in [-0.39, 0.29) is 17.1 Å². The number of hydrogen-bond acceptors (Lipinski definition) is 8. The summed E-state index contributed by atoms with van der Waals surface area (Å²) in [6, 6.07) is 0. The Labute approximate surface area is 152 Å². The molecule has 0 N–H and O–H groups in total. The van der Waals surface area contributed by atoms with Crippen molar-refractivity contribution in [2.45, 2.75) is 11.0 Å². The third-order valence-electron chi connectivity index (χ3n) is 1.56. The molecule has 17 heteroatoms. The van der Waals surface area contributed by atoms with Crippen molar-refractivity contribution in [3.05, 3.63) is 0 Å². The van der Waals surface area contributed by atoms with Gasteiger partial charge in [0.15, 0.2) is 20.2 Å². The van der Waals surface area contributed by atoms with Crippen LogP contribution in [0.5, 0.6) is 0 Å². The first-order valence-corrected chi connectivity index (χ1v) is 8.28. The van der Waals surface area contributed by atoms with E-state index in [1.54, 1.807) is 0 Å². The van der Waals surface area contributed by atoms with Crippen LogP contribution in [0.25, 0.3) is 0 Å². The van der Waals surface area contributed by atoms with Crippen molar-refractivity contribution in [1.29, 1.82) is 0 Å². The van der Waals surface area contributed by atoms with Gasteiger partial charge in [-0.1, -0.05) is 0 Å². The van der Waals surface area contributed by atoms with Gasteiger partial charge < -0.3 is 18.9 Å². The van der Waals surface area contributed by atoms with Crippen molar-refractivity contribution in [2.24, 2.45) is 0 Å². The number of hydrogen-bond donors (Lipinski definition) is 0. The predicted octanol–water partition coefficient (Wildman–Crippen LogP) is 0.210. The summed E-state index contributed by atoms with van der Waals surface area (Å²) >= 11 is 0. The van der Waals surface area contributed by atoms with E-state index in [1.165, 1.54) is 0 Å². The fourth-order valence-electron chi connectivity index (χ4n) is 0.400. The molecule has 0 saturated heterocycles. The second-order valence-corrected chi connectivity index (χ2v) is 7.15. The molecule has 8 nitrogen and oxygen atoms in total. The Morgan fingerprint density at radius 3 is 0.840 bits per heavy atom. The van der Waals surface area contributed by atoms with E-state index in [4.69, 9.17) is 25.9 Å². The van der Waals surface area contributed by atoms with Crippen molar-refractivity contribution in [2.75, 3.05) is 41.3 Å². The molecule has 0 aromatic heterocycles. The summed E-state index contributed by atoms with van der Waals surface area (Å²) in [5, 5.41) is 0. The van der Waals surface area contributed by atoms with E-state index >= 15 is 0 Å². The Bertz CT molecular complexity index is 496. The number of rotatable bonds is 3. The summed E-state index contributed by atoms with van der Waals surface area (Å²) in [5.74, 6) is 0. The fourth-order valence-corrected chi connectivity index (χ4v) is 0.400. The summed E-state index contributed by atoms with van der Waals surface area (Å²) in [6.45, 7) is 2.29. The van der Waals surface area contributed by atoms with Crippen LogP contribution in [0.2, 0.25) is 0 Å². The monoisotopic (exact) mass is 477 g/mol. The Morgan fingerprint density at radius 2 is 0.800 bits per heavy atom. The summed E-state index contributed by atoms with van der Waals surface area (Å²) < 4.78 is 118. The molecule has 0 bridgehead atoms. The SMILES string of the molecule is CN(C)CCN(C)C.O=S(=O)([O-])C(F)(F)F.O=S(=O)([O-])C(F)(F)F.[Cu+2]. The van der Waals surface area contributed by atoms with Gasteiger partial charge >= 0.3 is 28.1 Å². The van der Waals surface area contributed by atoms with Crippen LogP contribution < -0.4 is 0 Å². The molecule has 0 amide bonds. The van der Waals surface area contributed by atoms with Crippen molar-refractivity contribution < 1.29 is 69.4 Å². The van der Waals surface area contributed by atoms with Crippen LogP contribution in [0.15, 0.2) is 0 Å². The molecule has 0 aromatic rings. The second-order valence-electron chi connectivity index (χ2n) is 4.41. The molecule has 0 fully saturated rings. The van der Waals surface area contributed by atoms with Crippen molar-refractivity contribution in [3.8, 4) is 0 Å². The van der Waals surface area contributed by atoms with E-state index < -0.39 is 31.3 Å². The van der Waals surface area contributed by atoms with Crippen LogP contribution >= 0.6 is 0 Å². The van der Waals surface area contributed by atoms with E-state index in [1.807, 2.05) is 0 Å². The topological polar surface area (TPSA) is 121 Å². The van der Waals surface area contributed by atoms with Crippen molar-refractivity contribution in [3.63, 3.8) is 0 Å². The molecule has 1 radical (unpaired) electrons. The predicted molar refractivity (Wildman–Crippen MR) is 68.6 cm³/mol. The smallest absolute Gasteiger partial charge is 0.741 e. The summed E-state index contributed by atoms with van der Waals surface area (Å²) in [7, 11) is -3.83. The first-order chi connectivity index (χ1) is 10.1. The molecule has 159 valence electrons. The minimum absolute atomic E-state index is 0. The molecule has 0 spiro atoms. The van der Waals surface area contributed by atoms with Crippen LogP contribution in [0.1, 0.15) is 0 Å².